The van der Waals surface area contributed by atoms with Crippen molar-refractivity contribution in [2.75, 3.05) is 0 Å². The van der Waals surface area contributed by atoms with E-state index in [0.717, 1.165) is 15.7 Å². The van der Waals surface area contributed by atoms with Crippen molar-refractivity contribution in [3.63, 3.8) is 0 Å². The van der Waals surface area contributed by atoms with Gasteiger partial charge in [0.2, 0.25) is 0 Å². The lowest BCUT2D eigenvalue weighted by molar-refractivity contribution is 0.306. The van der Waals surface area contributed by atoms with Gasteiger partial charge in [-0.3, -0.25) is 0 Å². The third-order valence-corrected chi connectivity index (χ3v) is 16.5. The predicted molar refractivity (Wildman–Crippen MR) is 379 cm³/mol. The van der Waals surface area contributed by atoms with Crippen LogP contribution in [0.4, 0.5) is 52.7 Å². The van der Waals surface area contributed by atoms with Crippen LogP contribution in [0.2, 0.25) is 0 Å². The van der Waals surface area contributed by atoms with Crippen molar-refractivity contribution in [2.45, 2.75) is 0 Å². The first-order valence-electron chi connectivity index (χ1n) is 29.3. The van der Waals surface area contributed by atoms with Gasteiger partial charge in [0.1, 0.15) is 69.8 Å². The van der Waals surface area contributed by atoms with Crippen LogP contribution in [0.5, 0.6) is 0 Å². The summed E-state index contributed by atoms with van der Waals surface area (Å²) in [6.45, 7) is 0. The van der Waals surface area contributed by atoms with E-state index in [1.165, 1.54) is 164 Å². The molecule has 0 amide bonds. The highest BCUT2D eigenvalue weighted by molar-refractivity contribution is 14.1. The Balaban J connectivity index is 0.000000180. The molecule has 0 saturated carbocycles. The normalized spacial score (nSPS) is 11.6. The van der Waals surface area contributed by atoms with E-state index in [1.807, 2.05) is 6.07 Å². The van der Waals surface area contributed by atoms with Crippen LogP contribution in [0.25, 0.3) is 55.6 Å². The highest BCUT2D eigenvalue weighted by atomic mass is 127. The molecule has 0 unspecified atom stereocenters. The molecule has 1 aliphatic heterocycles. The average Bonchev–Trinajstić information content (AvgIpc) is 0.784. The first-order chi connectivity index (χ1) is 47.3. The molecular weight excluding hydrogens is 1550 g/mol. The molecule has 1 saturated heterocycles. The summed E-state index contributed by atoms with van der Waals surface area (Å²) in [5.41, 5.74) is 4.47. The lowest BCUT2D eigenvalue weighted by Crippen LogP contribution is -2.62. The maximum Gasteiger partial charge on any atom is 0.491 e. The predicted octanol–water partition coefficient (Wildman–Crippen LogP) is 15.5. The summed E-state index contributed by atoms with van der Waals surface area (Å²) in [7, 11) is -7.94. The maximum atomic E-state index is 15.7. The van der Waals surface area contributed by atoms with E-state index in [1.54, 1.807) is 72.8 Å². The van der Waals surface area contributed by atoms with Gasteiger partial charge in [0.25, 0.3) is 0 Å². The van der Waals surface area contributed by atoms with Gasteiger partial charge in [-0.05, 0) is 243 Å². The van der Waals surface area contributed by atoms with Gasteiger partial charge in [-0.15, -0.1) is 0 Å². The fourth-order valence-electron chi connectivity index (χ4n) is 9.64. The maximum absolute atomic E-state index is 15.7. The van der Waals surface area contributed by atoms with E-state index >= 15 is 13.2 Å². The van der Waals surface area contributed by atoms with Gasteiger partial charge < -0.3 is 33.8 Å². The quantitative estimate of drug-likeness (QED) is 0.0467. The second kappa shape index (κ2) is 35.0. The summed E-state index contributed by atoms with van der Waals surface area (Å²) in [5, 5.41) is 34.8. The molecule has 0 aromatic heterocycles. The van der Waals surface area contributed by atoms with Gasteiger partial charge >= 0.3 is 35.6 Å². The highest BCUT2D eigenvalue weighted by Gasteiger charge is 2.46. The summed E-state index contributed by atoms with van der Waals surface area (Å²) in [6.07, 6.45) is 0. The smallest absolute Gasteiger partial charge is 0.444 e. The Morgan fingerprint density at radius 1 is 0.273 bits per heavy atom. The number of halogens is 15. The zero-order valence-electron chi connectivity index (χ0n) is 50.8. The fraction of sp³-hybridized carbons (Fsp3) is 0. The second-order valence-electron chi connectivity index (χ2n) is 21.4. The van der Waals surface area contributed by atoms with Gasteiger partial charge in [0.15, 0.2) is 0 Å². The monoisotopic (exact) mass is 1590 g/mol. The van der Waals surface area contributed by atoms with Crippen molar-refractivity contribution >= 4 is 117 Å². The van der Waals surface area contributed by atoms with Crippen LogP contribution in [0, 0.1) is 73.4 Å². The van der Waals surface area contributed by atoms with Crippen LogP contribution in [-0.2, 0) is 13.7 Å². The Hall–Kier alpha value is -8.47. The number of benzene rings is 12. The Morgan fingerprint density at radius 3 is 0.808 bits per heavy atom. The molecule has 496 valence electrons. The van der Waals surface area contributed by atoms with Crippen LogP contribution in [-0.4, -0.2) is 55.7 Å². The Morgan fingerprint density at radius 2 is 0.545 bits per heavy atom. The van der Waals surface area contributed by atoms with E-state index in [4.69, 9.17) is 33.8 Å². The third kappa shape index (κ3) is 20.8. The van der Waals surface area contributed by atoms with Gasteiger partial charge in [-0.2, -0.15) is 0 Å². The van der Waals surface area contributed by atoms with Crippen molar-refractivity contribution in [3.8, 4) is 55.6 Å². The molecule has 12 aromatic rings. The van der Waals surface area contributed by atoms with E-state index in [2.05, 4.69) is 54.5 Å². The number of rotatable bonds is 10. The van der Waals surface area contributed by atoms with Gasteiger partial charge in [0, 0.05) is 25.4 Å². The Bertz CT molecular complexity index is 4560. The minimum Gasteiger partial charge on any atom is -0.444 e. The van der Waals surface area contributed by atoms with Gasteiger partial charge in [-0.1, -0.05) is 127 Å². The van der Waals surface area contributed by atoms with Crippen molar-refractivity contribution in [1.82, 2.24) is 0 Å². The lowest BCUT2D eigenvalue weighted by Gasteiger charge is -2.32. The van der Waals surface area contributed by atoms with E-state index in [-0.39, 0.29) is 44.8 Å². The van der Waals surface area contributed by atoms with Crippen molar-refractivity contribution in [2.24, 2.45) is 0 Å². The van der Waals surface area contributed by atoms with Crippen LogP contribution in [0.3, 0.4) is 0 Å². The summed E-state index contributed by atoms with van der Waals surface area (Å²) in [6, 6.07) is 59.9. The third-order valence-electron chi connectivity index (χ3n) is 14.5. The molecule has 0 bridgehead atoms. The Kier molecular flexibility index (Phi) is 26.5. The van der Waals surface area contributed by atoms with Crippen molar-refractivity contribution in [1.29, 1.82) is 0 Å². The standard InChI is InChI=1S/C36H21B3F6O3.C12H9BF2O2.C12H7BrF2.C6H6BFO2.C6H3BrFI/c40-28-7-1-4-22(16-28)25-10-13-31(34(43)19-25)37-46-38(32-14-11-26(20-35(32)44)23-5-2-8-29(41)17-23)48-39(47-37)33-15-12-27(21-36(33)45)24-6-3-9-30(42)18-24;14-10-3-1-2-8(6-10)9-4-5-11(13(16)17)12(15)7-9;13-11-5-4-9(7-12(11)15)8-2-1-3-10(14)6-8;8-6-3-1-2-5(4-6)7(9)10;7-5-2-1-4(9)3-6(5)8/h1-21H;1-7,16-17H;1-7H;1-4,9-10H;1-3H. The van der Waals surface area contributed by atoms with Crippen molar-refractivity contribution in [3.05, 3.63) is 337 Å². The van der Waals surface area contributed by atoms with Crippen LogP contribution in [0.1, 0.15) is 0 Å². The van der Waals surface area contributed by atoms with Crippen LogP contribution >= 0.6 is 54.5 Å². The molecule has 0 spiro atoms. The lowest BCUT2D eigenvalue weighted by atomic mass is 9.61. The molecule has 0 radical (unpaired) electrons. The fourth-order valence-corrected chi connectivity index (χ4v) is 10.6. The largest absolute Gasteiger partial charge is 0.491 e. The minimum atomic E-state index is -1.85. The van der Waals surface area contributed by atoms with Crippen LogP contribution < -0.4 is 27.3 Å². The highest BCUT2D eigenvalue weighted by Crippen LogP contribution is 2.28. The zero-order chi connectivity index (χ0) is 71.0. The molecule has 1 heterocycles. The minimum absolute atomic E-state index is 0.0953. The van der Waals surface area contributed by atoms with E-state index < -0.39 is 87.9 Å². The summed E-state index contributed by atoms with van der Waals surface area (Å²) >= 11 is 8.18. The van der Waals surface area contributed by atoms with Gasteiger partial charge in [0.05, 0.1) is 8.95 Å². The molecule has 7 nitrogen and oxygen atoms in total. The zero-order valence-corrected chi connectivity index (χ0v) is 56.1. The second-order valence-corrected chi connectivity index (χ2v) is 24.3. The summed E-state index contributed by atoms with van der Waals surface area (Å²) < 4.78 is 186. The molecule has 99 heavy (non-hydrogen) atoms. The van der Waals surface area contributed by atoms with Crippen molar-refractivity contribution < 1.29 is 86.5 Å². The summed E-state index contributed by atoms with van der Waals surface area (Å²) in [4.78, 5) is 0. The molecule has 1 fully saturated rings. The molecule has 13 rings (SSSR count). The molecular formula is C72H46B5Br2F12IO7. The first kappa shape index (κ1) is 74.8. The molecule has 4 N–H and O–H groups in total. The number of hydrogen-bond donors (Lipinski definition) is 4. The number of hydrogen-bond acceptors (Lipinski definition) is 7. The average molecular weight is 1590 g/mol. The SMILES string of the molecule is Fc1cc(I)ccc1Br.Fc1cccc(-c2ccc(B3OB(c4ccc(-c5cccc(F)c5)cc4F)OB(c4ccc(-c5cccc(F)c5)cc4F)O3)c(F)c2)c1.Fc1cccc(-c2ccc(Br)c(F)c2)c1.OB(O)c1ccc(-c2cccc(F)c2)cc1F.OB(O)c1cccc(F)c1. The topological polar surface area (TPSA) is 109 Å². The summed E-state index contributed by atoms with van der Waals surface area (Å²) in [5.74, 6) is -6.28. The van der Waals surface area contributed by atoms with E-state index in [0.29, 0.717) is 64.6 Å². The molecule has 27 heteroatoms. The molecule has 12 aromatic carbocycles. The molecule has 1 aliphatic rings. The Labute approximate surface area is 592 Å². The van der Waals surface area contributed by atoms with E-state index in [9.17, 15) is 39.5 Å². The first-order valence-corrected chi connectivity index (χ1v) is 32.0. The molecule has 0 atom stereocenters. The molecule has 0 aliphatic carbocycles. The van der Waals surface area contributed by atoms with Crippen LogP contribution in [0.15, 0.2) is 264 Å². The van der Waals surface area contributed by atoms with Gasteiger partial charge in [-0.25, -0.2) is 52.7 Å².